The van der Waals surface area contributed by atoms with Gasteiger partial charge in [-0.2, -0.15) is 0 Å². The maximum Gasteiger partial charge on any atom is 0.254 e. The van der Waals surface area contributed by atoms with E-state index < -0.39 is 9.84 Å². The minimum Gasteiger partial charge on any atom is -0.351 e. The Labute approximate surface area is 117 Å². The van der Waals surface area contributed by atoms with Crippen LogP contribution in [0.5, 0.6) is 0 Å². The van der Waals surface area contributed by atoms with Crippen LogP contribution in [0, 0.1) is 0 Å². The van der Waals surface area contributed by atoms with Crippen molar-refractivity contribution in [3.63, 3.8) is 0 Å². The number of hydrogen-bond donors (Lipinski definition) is 0. The van der Waals surface area contributed by atoms with Crippen molar-refractivity contribution in [2.24, 2.45) is 7.05 Å². The molecule has 0 saturated carbocycles. The van der Waals surface area contributed by atoms with Gasteiger partial charge in [0.1, 0.15) is 0 Å². The molecule has 1 fully saturated rings. The molecule has 1 aliphatic heterocycles. The lowest BCUT2D eigenvalue weighted by molar-refractivity contribution is 0.0772. The number of carbonyl (C=O) groups excluding carboxylic acids is 1. The van der Waals surface area contributed by atoms with Crippen LogP contribution in [0.4, 0.5) is 0 Å². The molecule has 0 atom stereocenters. The molecule has 106 valence electrons. The zero-order valence-electron chi connectivity index (χ0n) is 11.2. The molecule has 1 aromatic heterocycles. The van der Waals surface area contributed by atoms with Crippen LogP contribution in [0.2, 0.25) is 0 Å². The molecule has 2 heterocycles. The molecule has 0 unspecified atom stereocenters. The minimum atomic E-state index is -2.97. The Morgan fingerprint density at radius 3 is 2.55 bits per heavy atom. The minimum absolute atomic E-state index is 0.0590. The summed E-state index contributed by atoms with van der Waals surface area (Å²) in [5.74, 6) is 0.0317. The second kappa shape index (κ2) is 4.63. The lowest BCUT2D eigenvalue weighted by Gasteiger charge is -2.27. The van der Waals surface area contributed by atoms with Crippen LogP contribution in [-0.4, -0.2) is 48.4 Å². The topological polar surface area (TPSA) is 59.4 Å². The fourth-order valence-electron chi connectivity index (χ4n) is 2.57. The Morgan fingerprint density at radius 1 is 1.15 bits per heavy atom. The Bertz CT molecular complexity index is 763. The number of rotatable bonds is 1. The Balaban J connectivity index is 1.94. The molecular weight excluding hydrogens is 276 g/mol. The van der Waals surface area contributed by atoms with Crippen LogP contribution in [0.15, 0.2) is 30.5 Å². The molecular formula is C14H16N2O3S. The van der Waals surface area contributed by atoms with Crippen LogP contribution in [-0.2, 0) is 16.9 Å². The molecule has 0 spiro atoms. The predicted octanol–water partition coefficient (Wildman–Crippen LogP) is 1.05. The molecule has 2 aromatic rings. The fourth-order valence-corrected chi connectivity index (χ4v) is 3.78. The summed E-state index contributed by atoms with van der Waals surface area (Å²) in [6.45, 7) is 0.564. The van der Waals surface area contributed by atoms with Crippen molar-refractivity contribution in [2.75, 3.05) is 24.6 Å². The first-order valence-electron chi connectivity index (χ1n) is 6.52. The highest BCUT2D eigenvalue weighted by Gasteiger charge is 2.26. The summed E-state index contributed by atoms with van der Waals surface area (Å²) in [6.07, 6.45) is 1.92. The Kier molecular flexibility index (Phi) is 3.05. The van der Waals surface area contributed by atoms with Crippen molar-refractivity contribution in [3.8, 4) is 0 Å². The van der Waals surface area contributed by atoms with E-state index >= 15 is 0 Å². The summed E-state index contributed by atoms with van der Waals surface area (Å²) < 4.78 is 24.8. The lowest BCUT2D eigenvalue weighted by Crippen LogP contribution is -2.43. The van der Waals surface area contributed by atoms with E-state index in [4.69, 9.17) is 0 Å². The van der Waals surface area contributed by atoms with E-state index in [2.05, 4.69) is 0 Å². The van der Waals surface area contributed by atoms with Crippen molar-refractivity contribution in [2.45, 2.75) is 0 Å². The van der Waals surface area contributed by atoms with Gasteiger partial charge in [-0.15, -0.1) is 0 Å². The molecule has 0 radical (unpaired) electrons. The van der Waals surface area contributed by atoms with Gasteiger partial charge in [0, 0.05) is 42.8 Å². The molecule has 0 bridgehead atoms. The predicted molar refractivity (Wildman–Crippen MR) is 77.5 cm³/mol. The first kappa shape index (κ1) is 13.2. The van der Waals surface area contributed by atoms with Crippen molar-refractivity contribution < 1.29 is 13.2 Å². The number of hydrogen-bond acceptors (Lipinski definition) is 3. The normalized spacial score (nSPS) is 18.4. The van der Waals surface area contributed by atoms with Crippen molar-refractivity contribution in [3.05, 3.63) is 36.0 Å². The van der Waals surface area contributed by atoms with E-state index in [1.165, 1.54) is 0 Å². The van der Waals surface area contributed by atoms with Gasteiger partial charge in [-0.3, -0.25) is 4.79 Å². The smallest absolute Gasteiger partial charge is 0.254 e. The van der Waals surface area contributed by atoms with Gasteiger partial charge in [-0.05, 0) is 18.2 Å². The highest BCUT2D eigenvalue weighted by Crippen LogP contribution is 2.21. The number of aromatic nitrogens is 1. The molecule has 0 N–H and O–H groups in total. The van der Waals surface area contributed by atoms with E-state index in [1.807, 2.05) is 36.0 Å². The van der Waals surface area contributed by atoms with Gasteiger partial charge >= 0.3 is 0 Å². The first-order valence-corrected chi connectivity index (χ1v) is 8.34. The third-order valence-corrected chi connectivity index (χ3v) is 5.40. The highest BCUT2D eigenvalue weighted by molar-refractivity contribution is 7.91. The van der Waals surface area contributed by atoms with Crippen LogP contribution in [0.3, 0.4) is 0 Å². The van der Waals surface area contributed by atoms with Crippen LogP contribution in [0.25, 0.3) is 10.9 Å². The van der Waals surface area contributed by atoms with E-state index in [1.54, 1.807) is 11.0 Å². The average Bonchev–Trinajstić information content (AvgIpc) is 2.80. The summed E-state index contributed by atoms with van der Waals surface area (Å²) in [5.41, 5.74) is 1.64. The average molecular weight is 292 g/mol. The van der Waals surface area contributed by atoms with E-state index in [0.29, 0.717) is 5.56 Å². The maximum atomic E-state index is 12.6. The number of amides is 1. The quantitative estimate of drug-likeness (QED) is 0.789. The first-order chi connectivity index (χ1) is 9.48. The number of aryl methyl sites for hydroxylation is 1. The van der Waals surface area contributed by atoms with Crippen LogP contribution < -0.4 is 0 Å². The van der Waals surface area contributed by atoms with Gasteiger partial charge in [-0.1, -0.05) is 6.07 Å². The number of carbonyl (C=O) groups is 1. The van der Waals surface area contributed by atoms with Gasteiger partial charge in [0.05, 0.1) is 11.5 Å². The van der Waals surface area contributed by atoms with Gasteiger partial charge in [0.25, 0.3) is 5.91 Å². The highest BCUT2D eigenvalue weighted by atomic mass is 32.2. The SMILES string of the molecule is Cn1ccc2c(C(=O)N3CCS(=O)(=O)CC3)cccc21. The third-order valence-electron chi connectivity index (χ3n) is 3.79. The Morgan fingerprint density at radius 2 is 1.85 bits per heavy atom. The molecule has 3 rings (SSSR count). The third kappa shape index (κ3) is 2.20. The maximum absolute atomic E-state index is 12.6. The number of fused-ring (bicyclic) bond motifs is 1. The van der Waals surface area contributed by atoms with Gasteiger partial charge < -0.3 is 9.47 Å². The summed E-state index contributed by atoms with van der Waals surface area (Å²) >= 11 is 0. The molecule has 0 aliphatic carbocycles. The molecule has 5 nitrogen and oxygen atoms in total. The van der Waals surface area contributed by atoms with E-state index in [9.17, 15) is 13.2 Å². The number of benzene rings is 1. The largest absolute Gasteiger partial charge is 0.351 e. The summed E-state index contributed by atoms with van der Waals surface area (Å²) in [5, 5.41) is 0.911. The molecule has 1 amide bonds. The van der Waals surface area contributed by atoms with Crippen LogP contribution in [0.1, 0.15) is 10.4 Å². The zero-order chi connectivity index (χ0) is 14.3. The molecule has 1 saturated heterocycles. The molecule has 1 aromatic carbocycles. The second-order valence-corrected chi connectivity index (χ2v) is 7.41. The van der Waals surface area contributed by atoms with Gasteiger partial charge in [0.2, 0.25) is 0 Å². The van der Waals surface area contributed by atoms with Crippen molar-refractivity contribution in [1.82, 2.24) is 9.47 Å². The molecule has 20 heavy (non-hydrogen) atoms. The summed E-state index contributed by atoms with van der Waals surface area (Å²) in [4.78, 5) is 14.2. The lowest BCUT2D eigenvalue weighted by atomic mass is 10.1. The molecule has 1 aliphatic rings. The Hall–Kier alpha value is -1.82. The van der Waals surface area contributed by atoms with E-state index in [0.717, 1.165) is 10.9 Å². The summed E-state index contributed by atoms with van der Waals surface area (Å²) in [7, 11) is -1.03. The standard InChI is InChI=1S/C14H16N2O3S/c1-15-6-5-11-12(3-2-4-13(11)15)14(17)16-7-9-20(18,19)10-8-16/h2-6H,7-10H2,1H3. The van der Waals surface area contributed by atoms with Gasteiger partial charge in [0.15, 0.2) is 9.84 Å². The van der Waals surface area contributed by atoms with E-state index in [-0.39, 0.29) is 30.5 Å². The zero-order valence-corrected chi connectivity index (χ0v) is 12.1. The van der Waals surface area contributed by atoms with Crippen molar-refractivity contribution >= 4 is 26.6 Å². The fraction of sp³-hybridized carbons (Fsp3) is 0.357. The van der Waals surface area contributed by atoms with Gasteiger partial charge in [-0.25, -0.2) is 8.42 Å². The number of nitrogens with zero attached hydrogens (tertiary/aromatic N) is 2. The number of sulfone groups is 1. The monoisotopic (exact) mass is 292 g/mol. The summed E-state index contributed by atoms with van der Waals surface area (Å²) in [6, 6.07) is 7.54. The molecule has 6 heteroatoms. The second-order valence-electron chi connectivity index (χ2n) is 5.11. The van der Waals surface area contributed by atoms with Crippen LogP contribution >= 0.6 is 0 Å². The van der Waals surface area contributed by atoms with Crippen molar-refractivity contribution in [1.29, 1.82) is 0 Å².